The smallest absolute Gasteiger partial charge is 0.219 e. The van der Waals surface area contributed by atoms with Crippen molar-refractivity contribution in [3.63, 3.8) is 0 Å². The van der Waals surface area contributed by atoms with E-state index in [4.69, 9.17) is 9.47 Å². The first kappa shape index (κ1) is 23.6. The van der Waals surface area contributed by atoms with Crippen molar-refractivity contribution in [2.75, 3.05) is 5.32 Å². The van der Waals surface area contributed by atoms with Crippen molar-refractivity contribution < 1.29 is 9.47 Å². The molecule has 0 aliphatic heterocycles. The Morgan fingerprint density at radius 1 is 0.525 bits per heavy atom. The van der Waals surface area contributed by atoms with Crippen LogP contribution < -0.4 is 14.8 Å². The van der Waals surface area contributed by atoms with Crippen molar-refractivity contribution >= 4 is 33.2 Å². The monoisotopic (exact) mass is 519 g/mol. The van der Waals surface area contributed by atoms with E-state index in [2.05, 4.69) is 87.7 Å². The molecule has 5 heteroatoms. The lowest BCUT2D eigenvalue weighted by Crippen LogP contribution is -2.00. The number of hydrogen-bond acceptors (Lipinski definition) is 4. The topological polar surface area (TPSA) is 48.3 Å². The number of anilines is 2. The molecule has 0 fully saturated rings. The van der Waals surface area contributed by atoms with Gasteiger partial charge >= 0.3 is 0 Å². The molecule has 0 saturated carbocycles. The number of benzene rings is 5. The highest BCUT2D eigenvalue weighted by molar-refractivity contribution is 6.10. The molecule has 5 nitrogen and oxygen atoms in total. The minimum absolute atomic E-state index is 0.536. The van der Waals surface area contributed by atoms with E-state index in [9.17, 15) is 0 Å². The molecule has 0 unspecified atom stereocenters. The number of fused-ring (bicyclic) bond motifs is 3. The Hall–Kier alpha value is -5.55. The standard InChI is InChI=1S/C35H25N3O2/c1-2-11-25(12-3-1)37-31-16-5-7-18-33(31)38-32-17-6-4-15-29(32)30-21-20-28(24-34(30)38)39-26-13-10-14-27(23-26)40-35-19-8-9-22-36-35/h1-24,37H. The summed E-state index contributed by atoms with van der Waals surface area (Å²) in [5, 5.41) is 5.94. The second-order valence-electron chi connectivity index (χ2n) is 9.39. The maximum Gasteiger partial charge on any atom is 0.219 e. The molecular formula is C35H25N3O2. The number of pyridine rings is 1. The van der Waals surface area contributed by atoms with Crippen LogP contribution in [0.2, 0.25) is 0 Å². The molecule has 2 heterocycles. The first-order chi connectivity index (χ1) is 19.8. The summed E-state index contributed by atoms with van der Waals surface area (Å²) < 4.78 is 14.5. The molecule has 0 spiro atoms. The van der Waals surface area contributed by atoms with Crippen LogP contribution in [0.15, 0.2) is 146 Å². The van der Waals surface area contributed by atoms with Gasteiger partial charge < -0.3 is 19.4 Å². The van der Waals surface area contributed by atoms with Gasteiger partial charge in [0.05, 0.1) is 22.4 Å². The summed E-state index contributed by atoms with van der Waals surface area (Å²) >= 11 is 0. The van der Waals surface area contributed by atoms with Gasteiger partial charge in [-0.2, -0.15) is 0 Å². The molecular weight excluding hydrogens is 494 g/mol. The quantitative estimate of drug-likeness (QED) is 0.228. The van der Waals surface area contributed by atoms with Crippen LogP contribution in [0, 0.1) is 0 Å². The number of para-hydroxylation sites is 4. The number of nitrogens with one attached hydrogen (secondary N) is 1. The second kappa shape index (κ2) is 10.3. The zero-order valence-corrected chi connectivity index (χ0v) is 21.6. The maximum absolute atomic E-state index is 6.35. The Morgan fingerprint density at radius 3 is 2.12 bits per heavy atom. The number of hydrogen-bond donors (Lipinski definition) is 1. The molecule has 0 aliphatic carbocycles. The summed E-state index contributed by atoms with van der Waals surface area (Å²) in [5.41, 5.74) is 5.29. The molecule has 1 N–H and O–H groups in total. The van der Waals surface area contributed by atoms with Crippen molar-refractivity contribution in [1.29, 1.82) is 0 Å². The van der Waals surface area contributed by atoms with Gasteiger partial charge in [-0.3, -0.25) is 0 Å². The fourth-order valence-corrected chi connectivity index (χ4v) is 4.99. The predicted octanol–water partition coefficient (Wildman–Crippen LogP) is 9.51. The van der Waals surface area contributed by atoms with Gasteiger partial charge in [-0.1, -0.05) is 60.7 Å². The highest BCUT2D eigenvalue weighted by Gasteiger charge is 2.16. The zero-order chi connectivity index (χ0) is 26.7. The van der Waals surface area contributed by atoms with Crippen LogP contribution in [0.4, 0.5) is 11.4 Å². The van der Waals surface area contributed by atoms with Crippen LogP contribution in [-0.4, -0.2) is 9.55 Å². The summed E-state index contributed by atoms with van der Waals surface area (Å²) in [6.07, 6.45) is 1.71. The fourth-order valence-electron chi connectivity index (χ4n) is 4.99. The lowest BCUT2D eigenvalue weighted by Gasteiger charge is -2.15. The molecule has 0 amide bonds. The van der Waals surface area contributed by atoms with Crippen LogP contribution in [-0.2, 0) is 0 Å². The average molecular weight is 520 g/mol. The predicted molar refractivity (Wildman–Crippen MR) is 161 cm³/mol. The summed E-state index contributed by atoms with van der Waals surface area (Å²) in [6, 6.07) is 46.5. The van der Waals surface area contributed by atoms with Gasteiger partial charge in [0.1, 0.15) is 17.2 Å². The molecule has 7 aromatic rings. The third-order valence-electron chi connectivity index (χ3n) is 6.74. The van der Waals surface area contributed by atoms with Gasteiger partial charge in [-0.25, -0.2) is 4.98 Å². The summed E-state index contributed by atoms with van der Waals surface area (Å²) in [5.74, 6) is 2.61. The molecule has 192 valence electrons. The first-order valence-corrected chi connectivity index (χ1v) is 13.1. The maximum atomic E-state index is 6.35. The van der Waals surface area contributed by atoms with Crippen molar-refractivity contribution in [2.24, 2.45) is 0 Å². The highest BCUT2D eigenvalue weighted by atomic mass is 16.5. The minimum atomic E-state index is 0.536. The Bertz CT molecular complexity index is 1930. The van der Waals surface area contributed by atoms with Crippen molar-refractivity contribution in [3.05, 3.63) is 146 Å². The van der Waals surface area contributed by atoms with Gasteiger partial charge in [0, 0.05) is 40.9 Å². The van der Waals surface area contributed by atoms with E-state index in [1.165, 1.54) is 5.39 Å². The molecule has 5 aromatic carbocycles. The van der Waals surface area contributed by atoms with E-state index in [0.717, 1.165) is 39.2 Å². The van der Waals surface area contributed by atoms with Crippen LogP contribution in [0.3, 0.4) is 0 Å². The van der Waals surface area contributed by atoms with E-state index >= 15 is 0 Å². The third kappa shape index (κ3) is 4.61. The molecule has 0 saturated heterocycles. The number of aromatic nitrogens is 2. The van der Waals surface area contributed by atoms with Gasteiger partial charge in [0.2, 0.25) is 5.88 Å². The van der Waals surface area contributed by atoms with Crippen molar-refractivity contribution in [3.8, 4) is 28.8 Å². The van der Waals surface area contributed by atoms with Gasteiger partial charge in [-0.15, -0.1) is 0 Å². The van der Waals surface area contributed by atoms with Crippen LogP contribution in [0.1, 0.15) is 0 Å². The Morgan fingerprint density at radius 2 is 1.25 bits per heavy atom. The molecule has 40 heavy (non-hydrogen) atoms. The van der Waals surface area contributed by atoms with E-state index in [1.54, 1.807) is 6.20 Å². The zero-order valence-electron chi connectivity index (χ0n) is 21.6. The largest absolute Gasteiger partial charge is 0.457 e. The van der Waals surface area contributed by atoms with Crippen LogP contribution in [0.25, 0.3) is 27.5 Å². The van der Waals surface area contributed by atoms with Crippen LogP contribution in [0.5, 0.6) is 23.1 Å². The summed E-state index contributed by atoms with van der Waals surface area (Å²) in [7, 11) is 0. The van der Waals surface area contributed by atoms with E-state index in [-0.39, 0.29) is 0 Å². The summed E-state index contributed by atoms with van der Waals surface area (Å²) in [6.45, 7) is 0. The van der Waals surface area contributed by atoms with E-state index in [0.29, 0.717) is 17.4 Å². The fraction of sp³-hybridized carbons (Fsp3) is 0. The van der Waals surface area contributed by atoms with Crippen molar-refractivity contribution in [2.45, 2.75) is 0 Å². The third-order valence-corrected chi connectivity index (χ3v) is 6.74. The summed E-state index contributed by atoms with van der Waals surface area (Å²) in [4.78, 5) is 4.24. The Balaban J connectivity index is 1.30. The normalized spacial score (nSPS) is 11.0. The SMILES string of the molecule is c1ccc(Nc2ccccc2-n2c3ccccc3c3ccc(Oc4cccc(Oc5ccccn5)c4)cc32)cc1. The molecule has 0 bridgehead atoms. The second-order valence-corrected chi connectivity index (χ2v) is 9.39. The molecule has 2 aromatic heterocycles. The Labute approximate surface area is 231 Å². The highest BCUT2D eigenvalue weighted by Crippen LogP contribution is 2.38. The molecule has 0 atom stereocenters. The first-order valence-electron chi connectivity index (χ1n) is 13.1. The minimum Gasteiger partial charge on any atom is -0.457 e. The van der Waals surface area contributed by atoms with E-state index < -0.39 is 0 Å². The average Bonchev–Trinajstić information content (AvgIpc) is 3.32. The molecule has 0 aliphatic rings. The van der Waals surface area contributed by atoms with Gasteiger partial charge in [0.15, 0.2) is 0 Å². The van der Waals surface area contributed by atoms with Crippen LogP contribution >= 0.6 is 0 Å². The lowest BCUT2D eigenvalue weighted by atomic mass is 10.1. The molecule has 7 rings (SSSR count). The van der Waals surface area contributed by atoms with Gasteiger partial charge in [0.25, 0.3) is 0 Å². The lowest BCUT2D eigenvalue weighted by molar-refractivity contribution is 0.449. The number of rotatable bonds is 7. The number of ether oxygens (including phenoxy) is 2. The van der Waals surface area contributed by atoms with Crippen molar-refractivity contribution in [1.82, 2.24) is 9.55 Å². The molecule has 0 radical (unpaired) electrons. The Kier molecular flexibility index (Phi) is 6.07. The van der Waals surface area contributed by atoms with E-state index in [1.807, 2.05) is 66.7 Å². The number of nitrogens with zero attached hydrogens (tertiary/aromatic N) is 2. The van der Waals surface area contributed by atoms with Gasteiger partial charge in [-0.05, 0) is 60.7 Å².